The molecule has 1 heterocycles. The molecule has 1 aromatic rings. The van der Waals surface area contributed by atoms with E-state index >= 15 is 0 Å². The second-order valence-corrected chi connectivity index (χ2v) is 3.75. The molecule has 15 heavy (non-hydrogen) atoms. The molecule has 0 bridgehead atoms. The van der Waals surface area contributed by atoms with E-state index in [-0.39, 0.29) is 23.7 Å². The summed E-state index contributed by atoms with van der Waals surface area (Å²) in [7, 11) is 1.45. The number of alkyl halides is 2. The third-order valence-corrected chi connectivity index (χ3v) is 2.67. The maximum atomic E-state index is 13.4. The predicted molar refractivity (Wildman–Crippen MR) is 48.9 cm³/mol. The lowest BCUT2D eigenvalue weighted by Gasteiger charge is -2.07. The molecule has 1 aliphatic carbocycles. The molecule has 0 aliphatic heterocycles. The molecule has 0 saturated carbocycles. The first-order chi connectivity index (χ1) is 6.97. The van der Waals surface area contributed by atoms with Gasteiger partial charge < -0.3 is 5.32 Å². The van der Waals surface area contributed by atoms with Crippen molar-refractivity contribution in [1.29, 1.82) is 0 Å². The molecule has 1 aliphatic rings. The summed E-state index contributed by atoms with van der Waals surface area (Å²) in [6.45, 7) is 1.67. The van der Waals surface area contributed by atoms with Gasteiger partial charge in [0.05, 0.1) is 0 Å². The second kappa shape index (κ2) is 3.01. The number of halogens is 2. The summed E-state index contributed by atoms with van der Waals surface area (Å²) in [4.78, 5) is 11.4. The smallest absolute Gasteiger partial charge is 0.290 e. The van der Waals surface area contributed by atoms with E-state index in [0.29, 0.717) is 5.56 Å². The van der Waals surface area contributed by atoms with Crippen LogP contribution in [0.25, 0.3) is 0 Å². The van der Waals surface area contributed by atoms with Gasteiger partial charge in [-0.05, 0) is 5.92 Å². The Kier molecular flexibility index (Phi) is 2.02. The van der Waals surface area contributed by atoms with E-state index in [1.165, 1.54) is 7.05 Å². The van der Waals surface area contributed by atoms with Crippen LogP contribution in [0.15, 0.2) is 0 Å². The Morgan fingerprint density at radius 2 is 2.33 bits per heavy atom. The third kappa shape index (κ3) is 1.32. The Hall–Kier alpha value is -1.46. The number of hydrogen-bond acceptors (Lipinski definition) is 2. The van der Waals surface area contributed by atoms with Crippen molar-refractivity contribution in [3.63, 3.8) is 0 Å². The van der Waals surface area contributed by atoms with Crippen molar-refractivity contribution in [2.24, 2.45) is 0 Å². The summed E-state index contributed by atoms with van der Waals surface area (Å²) in [6, 6.07) is 0. The number of carbonyl (C=O) groups is 1. The Morgan fingerprint density at radius 3 is 2.93 bits per heavy atom. The largest absolute Gasteiger partial charge is 0.354 e. The third-order valence-electron chi connectivity index (χ3n) is 2.67. The molecular formula is C9H11F2N3O. The molecule has 1 atom stereocenters. The number of rotatable bonds is 1. The lowest BCUT2D eigenvalue weighted by molar-refractivity contribution is -0.0103. The predicted octanol–water partition coefficient (Wildman–Crippen LogP) is 1.37. The van der Waals surface area contributed by atoms with Gasteiger partial charge in [0.1, 0.15) is 5.69 Å². The highest BCUT2D eigenvalue weighted by atomic mass is 19.3. The molecule has 6 heteroatoms. The molecule has 0 spiro atoms. The van der Waals surface area contributed by atoms with Gasteiger partial charge in [0.2, 0.25) is 0 Å². The van der Waals surface area contributed by atoms with Crippen LogP contribution in [0.4, 0.5) is 8.78 Å². The molecule has 1 aromatic heterocycles. The Morgan fingerprint density at radius 1 is 1.67 bits per heavy atom. The maximum Gasteiger partial charge on any atom is 0.290 e. The van der Waals surface area contributed by atoms with Gasteiger partial charge in [-0.3, -0.25) is 9.89 Å². The number of hydrogen-bond donors (Lipinski definition) is 2. The highest BCUT2D eigenvalue weighted by Gasteiger charge is 2.47. The summed E-state index contributed by atoms with van der Waals surface area (Å²) >= 11 is 0. The van der Waals surface area contributed by atoms with Crippen molar-refractivity contribution in [3.8, 4) is 0 Å². The van der Waals surface area contributed by atoms with Crippen LogP contribution >= 0.6 is 0 Å². The van der Waals surface area contributed by atoms with Crippen molar-refractivity contribution >= 4 is 5.91 Å². The molecule has 0 fully saturated rings. The van der Waals surface area contributed by atoms with Gasteiger partial charge in [-0.1, -0.05) is 6.92 Å². The maximum absolute atomic E-state index is 13.4. The Balaban J connectivity index is 2.52. The first-order valence-corrected chi connectivity index (χ1v) is 4.66. The minimum Gasteiger partial charge on any atom is -0.354 e. The van der Waals surface area contributed by atoms with E-state index in [9.17, 15) is 13.6 Å². The van der Waals surface area contributed by atoms with E-state index in [4.69, 9.17) is 0 Å². The van der Waals surface area contributed by atoms with Crippen molar-refractivity contribution in [2.45, 2.75) is 25.2 Å². The van der Waals surface area contributed by atoms with Gasteiger partial charge in [-0.15, -0.1) is 0 Å². The summed E-state index contributed by atoms with van der Waals surface area (Å²) in [5.41, 5.74) is 0.213. The molecular weight excluding hydrogens is 204 g/mol. The van der Waals surface area contributed by atoms with Gasteiger partial charge in [0, 0.05) is 19.0 Å². The number of nitrogens with one attached hydrogen (secondary N) is 2. The minimum atomic E-state index is -2.89. The zero-order chi connectivity index (χ0) is 11.2. The number of H-pyrrole nitrogens is 1. The van der Waals surface area contributed by atoms with E-state index < -0.39 is 11.8 Å². The van der Waals surface area contributed by atoms with Crippen molar-refractivity contribution in [3.05, 3.63) is 17.0 Å². The van der Waals surface area contributed by atoms with E-state index in [0.717, 1.165) is 0 Å². The van der Waals surface area contributed by atoms with E-state index in [1.807, 2.05) is 0 Å². The zero-order valence-corrected chi connectivity index (χ0v) is 8.40. The van der Waals surface area contributed by atoms with Crippen LogP contribution in [0.1, 0.15) is 41.0 Å². The van der Waals surface area contributed by atoms with Crippen LogP contribution in [0, 0.1) is 0 Å². The topological polar surface area (TPSA) is 57.8 Å². The first kappa shape index (κ1) is 10.1. The monoisotopic (exact) mass is 215 g/mol. The fourth-order valence-electron chi connectivity index (χ4n) is 1.99. The van der Waals surface area contributed by atoms with Gasteiger partial charge in [0.15, 0.2) is 5.69 Å². The average Bonchev–Trinajstić information content (AvgIpc) is 2.67. The molecule has 82 valence electrons. The SMILES string of the molecule is CNC(=O)c1n[nH]c2c1C(C)CC2(F)F. The molecule has 0 aromatic carbocycles. The standard InChI is InChI=1S/C9H11F2N3O/c1-4-3-9(10,11)7-5(4)6(13-14-7)8(15)12-2/h4H,3H2,1-2H3,(H,12,15)(H,13,14). The second-order valence-electron chi connectivity index (χ2n) is 3.75. The quantitative estimate of drug-likeness (QED) is 0.743. The molecule has 4 nitrogen and oxygen atoms in total. The number of aromatic nitrogens is 2. The Bertz CT molecular complexity index is 413. The van der Waals surface area contributed by atoms with Crippen LogP contribution in [-0.4, -0.2) is 23.2 Å². The molecule has 1 unspecified atom stereocenters. The van der Waals surface area contributed by atoms with Crippen LogP contribution in [0.5, 0.6) is 0 Å². The summed E-state index contributed by atoms with van der Waals surface area (Å²) < 4.78 is 26.7. The summed E-state index contributed by atoms with van der Waals surface area (Å²) in [5, 5.41) is 8.28. The zero-order valence-electron chi connectivity index (χ0n) is 8.40. The van der Waals surface area contributed by atoms with Crippen molar-refractivity contribution < 1.29 is 13.6 Å². The number of fused-ring (bicyclic) bond motifs is 1. The van der Waals surface area contributed by atoms with Crippen LogP contribution < -0.4 is 5.32 Å². The van der Waals surface area contributed by atoms with Gasteiger partial charge >= 0.3 is 0 Å². The number of nitrogens with zero attached hydrogens (tertiary/aromatic N) is 1. The molecule has 2 N–H and O–H groups in total. The fourth-order valence-corrected chi connectivity index (χ4v) is 1.99. The van der Waals surface area contributed by atoms with Crippen molar-refractivity contribution in [2.75, 3.05) is 7.05 Å². The number of carbonyl (C=O) groups excluding carboxylic acids is 1. The minimum absolute atomic E-state index is 0.0807. The lowest BCUT2D eigenvalue weighted by Crippen LogP contribution is -2.20. The van der Waals surface area contributed by atoms with Crippen LogP contribution in [0.3, 0.4) is 0 Å². The number of amides is 1. The van der Waals surface area contributed by atoms with Gasteiger partial charge in [-0.2, -0.15) is 13.9 Å². The highest BCUT2D eigenvalue weighted by Crippen LogP contribution is 2.48. The van der Waals surface area contributed by atoms with E-state index in [2.05, 4.69) is 15.5 Å². The first-order valence-electron chi connectivity index (χ1n) is 4.66. The summed E-state index contributed by atoms with van der Waals surface area (Å²) in [5.74, 6) is -3.67. The van der Waals surface area contributed by atoms with Crippen LogP contribution in [-0.2, 0) is 5.92 Å². The number of aromatic amines is 1. The van der Waals surface area contributed by atoms with E-state index in [1.54, 1.807) is 6.92 Å². The fraction of sp³-hybridized carbons (Fsp3) is 0.556. The molecule has 1 amide bonds. The van der Waals surface area contributed by atoms with Gasteiger partial charge in [0.25, 0.3) is 11.8 Å². The lowest BCUT2D eigenvalue weighted by atomic mass is 10.0. The molecule has 2 rings (SSSR count). The van der Waals surface area contributed by atoms with Gasteiger partial charge in [-0.25, -0.2) is 0 Å². The molecule has 0 radical (unpaired) electrons. The Labute approximate surface area is 85.1 Å². The highest BCUT2D eigenvalue weighted by molar-refractivity contribution is 5.94. The normalized spacial score (nSPS) is 22.5. The average molecular weight is 215 g/mol. The molecule has 0 saturated heterocycles. The summed E-state index contributed by atoms with van der Waals surface area (Å²) in [6.07, 6.45) is -0.263. The van der Waals surface area contributed by atoms with Crippen LogP contribution in [0.2, 0.25) is 0 Å². The van der Waals surface area contributed by atoms with Crippen molar-refractivity contribution in [1.82, 2.24) is 15.5 Å².